The second-order valence-corrected chi connectivity index (χ2v) is 6.45. The van der Waals surface area contributed by atoms with Gasteiger partial charge in [0.1, 0.15) is 11.9 Å². The summed E-state index contributed by atoms with van der Waals surface area (Å²) in [5.41, 5.74) is 2.97. The van der Waals surface area contributed by atoms with Crippen molar-refractivity contribution in [3.63, 3.8) is 0 Å². The third kappa shape index (κ3) is 3.07. The van der Waals surface area contributed by atoms with Crippen molar-refractivity contribution in [2.75, 3.05) is 7.11 Å². The first kappa shape index (κ1) is 16.6. The Kier molecular flexibility index (Phi) is 5.20. The molecule has 0 aliphatic rings. The van der Waals surface area contributed by atoms with Gasteiger partial charge in [-0.25, -0.2) is 0 Å². The van der Waals surface area contributed by atoms with E-state index in [4.69, 9.17) is 27.9 Å². The van der Waals surface area contributed by atoms with Crippen LogP contribution in [-0.2, 0) is 0 Å². The molecule has 0 amide bonds. The predicted octanol–water partition coefficient (Wildman–Crippen LogP) is 5.46. The summed E-state index contributed by atoms with van der Waals surface area (Å²) in [6.07, 6.45) is -0.961. The molecule has 0 saturated carbocycles. The number of ether oxygens (including phenoxy) is 1. The first-order valence-corrected chi connectivity index (χ1v) is 7.89. The Bertz CT molecular complexity index is 666. The van der Waals surface area contributed by atoms with Crippen molar-refractivity contribution < 1.29 is 9.84 Å². The number of aliphatic hydroxyl groups excluding tert-OH is 1. The number of hydrogen-bond acceptors (Lipinski definition) is 2. The molecule has 5 heteroatoms. The van der Waals surface area contributed by atoms with E-state index in [0.29, 0.717) is 26.9 Å². The normalized spacial score (nSPS) is 12.3. The molecule has 0 bridgehead atoms. The molecule has 21 heavy (non-hydrogen) atoms. The van der Waals surface area contributed by atoms with E-state index in [9.17, 15) is 5.11 Å². The fraction of sp³-hybridized carbons (Fsp3) is 0.250. The molecule has 0 saturated heterocycles. The second-order valence-electron chi connectivity index (χ2n) is 4.79. The average Bonchev–Trinajstić information content (AvgIpc) is 2.42. The molecular formula is C16H15BrCl2O2. The maximum Gasteiger partial charge on any atom is 0.128 e. The van der Waals surface area contributed by atoms with Crippen molar-refractivity contribution in [3.8, 4) is 5.75 Å². The van der Waals surface area contributed by atoms with E-state index in [0.717, 1.165) is 15.6 Å². The van der Waals surface area contributed by atoms with E-state index >= 15 is 0 Å². The maximum atomic E-state index is 10.8. The Morgan fingerprint density at radius 2 is 1.71 bits per heavy atom. The summed E-state index contributed by atoms with van der Waals surface area (Å²) in [5, 5.41) is 11.7. The first-order chi connectivity index (χ1) is 9.88. The maximum absolute atomic E-state index is 10.8. The van der Waals surface area contributed by atoms with Crippen LogP contribution in [0.25, 0.3) is 0 Å². The van der Waals surface area contributed by atoms with E-state index in [-0.39, 0.29) is 0 Å². The molecule has 1 atom stereocenters. The summed E-state index contributed by atoms with van der Waals surface area (Å²) in [6, 6.07) is 7.12. The number of hydrogen-bond donors (Lipinski definition) is 1. The summed E-state index contributed by atoms with van der Waals surface area (Å²) in [5.74, 6) is 0.638. The minimum Gasteiger partial charge on any atom is -0.496 e. The van der Waals surface area contributed by atoms with Crippen LogP contribution in [0.1, 0.15) is 28.4 Å². The highest BCUT2D eigenvalue weighted by Crippen LogP contribution is 2.42. The van der Waals surface area contributed by atoms with Gasteiger partial charge in [-0.1, -0.05) is 45.2 Å². The summed E-state index contributed by atoms with van der Waals surface area (Å²) in [7, 11) is 1.58. The van der Waals surface area contributed by atoms with Gasteiger partial charge in [0.25, 0.3) is 0 Å². The summed E-state index contributed by atoms with van der Waals surface area (Å²) in [6.45, 7) is 3.84. The molecule has 2 rings (SSSR count). The molecule has 112 valence electrons. The highest BCUT2D eigenvalue weighted by molar-refractivity contribution is 9.10. The fourth-order valence-corrected chi connectivity index (χ4v) is 3.55. The van der Waals surface area contributed by atoms with Crippen molar-refractivity contribution in [1.29, 1.82) is 0 Å². The number of halogens is 3. The topological polar surface area (TPSA) is 29.5 Å². The Morgan fingerprint density at radius 3 is 2.24 bits per heavy atom. The number of methoxy groups -OCH3 is 1. The van der Waals surface area contributed by atoms with Crippen LogP contribution in [0, 0.1) is 13.8 Å². The van der Waals surface area contributed by atoms with E-state index in [2.05, 4.69) is 15.9 Å². The van der Waals surface area contributed by atoms with Gasteiger partial charge in [0.2, 0.25) is 0 Å². The highest BCUT2D eigenvalue weighted by Gasteiger charge is 2.25. The van der Waals surface area contributed by atoms with Crippen LogP contribution in [0.4, 0.5) is 0 Å². The van der Waals surface area contributed by atoms with Crippen molar-refractivity contribution in [3.05, 3.63) is 61.0 Å². The summed E-state index contributed by atoms with van der Waals surface area (Å²) >= 11 is 15.9. The molecule has 0 aliphatic heterocycles. The summed E-state index contributed by atoms with van der Waals surface area (Å²) in [4.78, 5) is 0. The first-order valence-electron chi connectivity index (χ1n) is 6.34. The Labute approximate surface area is 142 Å². The van der Waals surface area contributed by atoms with Gasteiger partial charge in [-0.2, -0.15) is 0 Å². The SMILES string of the molecule is COc1c(C)cc(Br)c(C)c1C(O)c1c(Cl)cccc1Cl. The third-order valence-corrected chi connectivity index (χ3v) is 4.94. The van der Waals surface area contributed by atoms with Gasteiger partial charge in [0.15, 0.2) is 0 Å². The largest absolute Gasteiger partial charge is 0.496 e. The minimum atomic E-state index is -0.961. The van der Waals surface area contributed by atoms with E-state index in [1.165, 1.54) is 0 Å². The molecule has 2 aromatic carbocycles. The van der Waals surface area contributed by atoms with Crippen LogP contribution in [0.2, 0.25) is 10.0 Å². The van der Waals surface area contributed by atoms with Crippen molar-refractivity contribution in [2.45, 2.75) is 20.0 Å². The van der Waals surface area contributed by atoms with Crippen molar-refractivity contribution in [1.82, 2.24) is 0 Å². The van der Waals surface area contributed by atoms with Gasteiger partial charge < -0.3 is 9.84 Å². The molecule has 1 unspecified atom stereocenters. The smallest absolute Gasteiger partial charge is 0.128 e. The lowest BCUT2D eigenvalue weighted by atomic mass is 9.94. The lowest BCUT2D eigenvalue weighted by molar-refractivity contribution is 0.213. The lowest BCUT2D eigenvalue weighted by Crippen LogP contribution is -2.08. The van der Waals surface area contributed by atoms with E-state index < -0.39 is 6.10 Å². The monoisotopic (exact) mass is 388 g/mol. The minimum absolute atomic E-state index is 0.425. The Balaban J connectivity index is 2.71. The molecule has 0 aromatic heterocycles. The quantitative estimate of drug-likeness (QED) is 0.754. The summed E-state index contributed by atoms with van der Waals surface area (Å²) < 4.78 is 6.37. The molecule has 1 N–H and O–H groups in total. The zero-order chi connectivity index (χ0) is 15.7. The van der Waals surface area contributed by atoms with Gasteiger partial charge >= 0.3 is 0 Å². The van der Waals surface area contributed by atoms with Crippen LogP contribution >= 0.6 is 39.1 Å². The Hall–Kier alpha value is -0.740. The number of aliphatic hydroxyl groups is 1. The van der Waals surface area contributed by atoms with E-state index in [1.54, 1.807) is 25.3 Å². The number of benzene rings is 2. The predicted molar refractivity (Wildman–Crippen MR) is 90.7 cm³/mol. The molecule has 0 radical (unpaired) electrons. The molecule has 0 aliphatic carbocycles. The second kappa shape index (κ2) is 6.57. The lowest BCUT2D eigenvalue weighted by Gasteiger charge is -2.22. The highest BCUT2D eigenvalue weighted by atomic mass is 79.9. The van der Waals surface area contributed by atoms with Crippen LogP contribution in [0.5, 0.6) is 5.75 Å². The van der Waals surface area contributed by atoms with Crippen LogP contribution in [0.3, 0.4) is 0 Å². The van der Waals surface area contributed by atoms with Gasteiger partial charge in [0.05, 0.1) is 7.11 Å². The molecule has 2 aromatic rings. The molecule has 2 nitrogen and oxygen atoms in total. The van der Waals surface area contributed by atoms with Crippen LogP contribution < -0.4 is 4.74 Å². The fourth-order valence-electron chi connectivity index (χ4n) is 2.39. The number of rotatable bonds is 3. The van der Waals surface area contributed by atoms with Crippen LogP contribution in [0.15, 0.2) is 28.7 Å². The number of aryl methyl sites for hydroxylation is 1. The molecule has 0 heterocycles. The zero-order valence-electron chi connectivity index (χ0n) is 11.9. The van der Waals surface area contributed by atoms with Crippen molar-refractivity contribution >= 4 is 39.1 Å². The third-order valence-electron chi connectivity index (χ3n) is 3.46. The van der Waals surface area contributed by atoms with Gasteiger partial charge in [-0.05, 0) is 43.2 Å². The average molecular weight is 390 g/mol. The van der Waals surface area contributed by atoms with Crippen molar-refractivity contribution in [2.24, 2.45) is 0 Å². The van der Waals surface area contributed by atoms with Gasteiger partial charge in [-0.3, -0.25) is 0 Å². The van der Waals surface area contributed by atoms with Gasteiger partial charge in [0, 0.05) is 25.6 Å². The Morgan fingerprint density at radius 1 is 1.14 bits per heavy atom. The standard InChI is InChI=1S/C16H15BrCl2O2/c1-8-7-10(17)9(2)13(16(8)21-3)15(20)14-11(18)5-4-6-12(14)19/h4-7,15,20H,1-3H3. The van der Waals surface area contributed by atoms with Crippen LogP contribution in [-0.4, -0.2) is 12.2 Å². The molecule has 0 spiro atoms. The molecular weight excluding hydrogens is 375 g/mol. The zero-order valence-corrected chi connectivity index (χ0v) is 15.0. The van der Waals surface area contributed by atoms with E-state index in [1.807, 2.05) is 19.9 Å². The molecule has 0 fully saturated rings. The van der Waals surface area contributed by atoms with Gasteiger partial charge in [-0.15, -0.1) is 0 Å².